The molecule has 1 heterocycles. The average molecular weight is 300 g/mol. The van der Waals surface area contributed by atoms with Gasteiger partial charge in [0.25, 0.3) is 0 Å². The molecule has 3 rings (SSSR count). The summed E-state index contributed by atoms with van der Waals surface area (Å²) in [5, 5.41) is 1.23. The minimum atomic E-state index is -3.05. The van der Waals surface area contributed by atoms with E-state index in [-0.39, 0.29) is 11.9 Å². The van der Waals surface area contributed by atoms with E-state index in [1.54, 1.807) is 6.08 Å². The number of hydrogen-bond donors (Lipinski definition) is 0. The van der Waals surface area contributed by atoms with Gasteiger partial charge in [0.15, 0.2) is 9.84 Å². The largest absolute Gasteiger partial charge is 0.368 e. The topological polar surface area (TPSA) is 43.4 Å². The normalized spacial score (nSPS) is 19.7. The zero-order valence-corrected chi connectivity index (χ0v) is 12.3. The lowest BCUT2D eigenvalue weighted by Gasteiger charge is -2.09. The van der Waals surface area contributed by atoms with Gasteiger partial charge in [-0.1, -0.05) is 54.6 Å². The van der Waals surface area contributed by atoms with Crippen molar-refractivity contribution in [2.24, 2.45) is 0 Å². The van der Waals surface area contributed by atoms with Gasteiger partial charge in [0.1, 0.15) is 0 Å². The highest BCUT2D eigenvalue weighted by Gasteiger charge is 2.21. The van der Waals surface area contributed by atoms with E-state index in [1.807, 2.05) is 30.3 Å². The highest BCUT2D eigenvalue weighted by atomic mass is 32.2. The highest BCUT2D eigenvalue weighted by Crippen LogP contribution is 2.20. The van der Waals surface area contributed by atoms with Crippen LogP contribution >= 0.6 is 0 Å². The van der Waals surface area contributed by atoms with Crippen molar-refractivity contribution < 1.29 is 13.2 Å². The van der Waals surface area contributed by atoms with Gasteiger partial charge in [-0.15, -0.1) is 0 Å². The molecule has 108 valence electrons. The number of ether oxygens (including phenoxy) is 1. The molecule has 1 aliphatic heterocycles. The minimum Gasteiger partial charge on any atom is -0.368 e. The van der Waals surface area contributed by atoms with E-state index in [1.165, 1.54) is 11.0 Å². The van der Waals surface area contributed by atoms with Crippen LogP contribution in [0.15, 0.2) is 66.1 Å². The molecule has 0 aliphatic carbocycles. The molecule has 1 aliphatic rings. The zero-order valence-electron chi connectivity index (χ0n) is 11.5. The molecule has 0 saturated carbocycles. The van der Waals surface area contributed by atoms with Crippen molar-refractivity contribution in [3.8, 4) is 11.1 Å². The van der Waals surface area contributed by atoms with Crippen LogP contribution in [0.4, 0.5) is 0 Å². The van der Waals surface area contributed by atoms with Gasteiger partial charge in [-0.25, -0.2) is 8.42 Å². The molecule has 0 fully saturated rings. The summed E-state index contributed by atoms with van der Waals surface area (Å²) in [4.78, 5) is 0. The molecule has 0 radical (unpaired) electrons. The standard InChI is InChI=1S/C17H16O3S/c18-21(19)11-10-17(13-21)20-12-14-6-8-16(9-7-14)15-4-2-1-3-5-15/h1-11,17H,12-13H2. The quantitative estimate of drug-likeness (QED) is 0.871. The van der Waals surface area contributed by atoms with Gasteiger partial charge < -0.3 is 4.74 Å². The van der Waals surface area contributed by atoms with Crippen LogP contribution < -0.4 is 0 Å². The van der Waals surface area contributed by atoms with E-state index < -0.39 is 9.84 Å². The maximum absolute atomic E-state index is 11.3. The van der Waals surface area contributed by atoms with Crippen molar-refractivity contribution >= 4 is 9.84 Å². The third kappa shape index (κ3) is 3.60. The van der Waals surface area contributed by atoms with Crippen molar-refractivity contribution in [2.45, 2.75) is 12.7 Å². The van der Waals surface area contributed by atoms with Gasteiger partial charge in [-0.2, -0.15) is 0 Å². The Morgan fingerprint density at radius 1 is 0.952 bits per heavy atom. The van der Waals surface area contributed by atoms with Crippen molar-refractivity contribution in [3.63, 3.8) is 0 Å². The highest BCUT2D eigenvalue weighted by molar-refractivity contribution is 7.94. The van der Waals surface area contributed by atoms with Gasteiger partial charge in [-0.05, 0) is 22.8 Å². The third-order valence-corrected chi connectivity index (χ3v) is 4.79. The summed E-state index contributed by atoms with van der Waals surface area (Å²) in [7, 11) is -3.05. The van der Waals surface area contributed by atoms with Crippen LogP contribution in [0.5, 0.6) is 0 Å². The second-order valence-corrected chi connectivity index (χ2v) is 7.00. The van der Waals surface area contributed by atoms with E-state index in [4.69, 9.17) is 4.74 Å². The van der Waals surface area contributed by atoms with Gasteiger partial charge in [-0.3, -0.25) is 0 Å². The lowest BCUT2D eigenvalue weighted by atomic mass is 10.0. The van der Waals surface area contributed by atoms with Crippen molar-refractivity contribution in [1.29, 1.82) is 0 Å². The molecule has 21 heavy (non-hydrogen) atoms. The van der Waals surface area contributed by atoms with Crippen molar-refractivity contribution in [2.75, 3.05) is 5.75 Å². The van der Waals surface area contributed by atoms with Crippen molar-refractivity contribution in [1.82, 2.24) is 0 Å². The fraction of sp³-hybridized carbons (Fsp3) is 0.176. The maximum Gasteiger partial charge on any atom is 0.174 e. The molecular weight excluding hydrogens is 284 g/mol. The van der Waals surface area contributed by atoms with Crippen LogP contribution in [0.2, 0.25) is 0 Å². The second kappa shape index (κ2) is 5.84. The van der Waals surface area contributed by atoms with E-state index in [2.05, 4.69) is 24.3 Å². The molecule has 0 N–H and O–H groups in total. The summed E-state index contributed by atoms with van der Waals surface area (Å²) in [5.41, 5.74) is 3.37. The number of sulfone groups is 1. The van der Waals surface area contributed by atoms with Gasteiger partial charge >= 0.3 is 0 Å². The fourth-order valence-corrected chi connectivity index (χ4v) is 3.47. The first-order valence-electron chi connectivity index (χ1n) is 6.79. The molecule has 0 spiro atoms. The lowest BCUT2D eigenvalue weighted by Crippen LogP contribution is -2.14. The second-order valence-electron chi connectivity index (χ2n) is 5.07. The van der Waals surface area contributed by atoms with Crippen LogP contribution in [0.3, 0.4) is 0 Å². The zero-order chi connectivity index (χ0) is 14.7. The molecule has 2 aromatic carbocycles. The molecule has 0 saturated heterocycles. The minimum absolute atomic E-state index is 0.0507. The van der Waals surface area contributed by atoms with Crippen LogP contribution in [0.25, 0.3) is 11.1 Å². The first-order valence-corrected chi connectivity index (χ1v) is 8.51. The van der Waals surface area contributed by atoms with E-state index >= 15 is 0 Å². The molecule has 2 aromatic rings. The molecule has 1 atom stereocenters. The monoisotopic (exact) mass is 300 g/mol. The Labute approximate surface area is 124 Å². The van der Waals surface area contributed by atoms with Gasteiger partial charge in [0.05, 0.1) is 18.5 Å². The Balaban J connectivity index is 1.62. The predicted octanol–water partition coefficient (Wildman–Crippen LogP) is 3.18. The Morgan fingerprint density at radius 2 is 1.62 bits per heavy atom. The van der Waals surface area contributed by atoms with Crippen LogP contribution in [0, 0.1) is 0 Å². The lowest BCUT2D eigenvalue weighted by molar-refractivity contribution is 0.0876. The molecule has 0 bridgehead atoms. The van der Waals surface area contributed by atoms with E-state index in [9.17, 15) is 8.42 Å². The van der Waals surface area contributed by atoms with E-state index in [0.717, 1.165) is 11.1 Å². The summed E-state index contributed by atoms with van der Waals surface area (Å²) in [6, 6.07) is 18.3. The number of benzene rings is 2. The Morgan fingerprint density at radius 3 is 2.24 bits per heavy atom. The first kappa shape index (κ1) is 14.0. The summed E-state index contributed by atoms with van der Waals surface area (Å²) >= 11 is 0. The third-order valence-electron chi connectivity index (χ3n) is 3.42. The van der Waals surface area contributed by atoms with E-state index in [0.29, 0.717) is 6.61 Å². The Hall–Kier alpha value is -1.91. The number of hydrogen-bond acceptors (Lipinski definition) is 3. The van der Waals surface area contributed by atoms with Gasteiger partial charge in [0.2, 0.25) is 0 Å². The van der Waals surface area contributed by atoms with Crippen LogP contribution in [-0.4, -0.2) is 20.3 Å². The van der Waals surface area contributed by atoms with Crippen molar-refractivity contribution in [3.05, 3.63) is 71.6 Å². The molecule has 0 amide bonds. The Kier molecular flexibility index (Phi) is 3.90. The molecular formula is C17H16O3S. The summed E-state index contributed by atoms with van der Waals surface area (Å²) in [6.45, 7) is 0.416. The molecule has 4 heteroatoms. The number of rotatable bonds is 4. The van der Waals surface area contributed by atoms with Crippen LogP contribution in [-0.2, 0) is 21.2 Å². The fourth-order valence-electron chi connectivity index (χ4n) is 2.28. The summed E-state index contributed by atoms with van der Waals surface area (Å²) in [6.07, 6.45) is 1.28. The molecule has 0 aromatic heterocycles. The first-order chi connectivity index (χ1) is 10.1. The summed E-state index contributed by atoms with van der Waals surface area (Å²) < 4.78 is 28.2. The molecule has 3 nitrogen and oxygen atoms in total. The van der Waals surface area contributed by atoms with Gasteiger partial charge in [0, 0.05) is 5.41 Å². The Bertz CT molecular complexity index is 731. The average Bonchev–Trinajstić information content (AvgIpc) is 2.86. The van der Waals surface area contributed by atoms with Crippen LogP contribution in [0.1, 0.15) is 5.56 Å². The maximum atomic E-state index is 11.3. The predicted molar refractivity (Wildman–Crippen MR) is 83.4 cm³/mol. The smallest absolute Gasteiger partial charge is 0.174 e. The summed E-state index contributed by atoms with van der Waals surface area (Å²) in [5.74, 6) is 0.0507. The molecule has 1 unspecified atom stereocenters. The SMILES string of the molecule is O=S1(=O)C=CC(OCc2ccc(-c3ccccc3)cc2)C1.